The lowest BCUT2D eigenvalue weighted by Crippen LogP contribution is -2.67. The number of nitrogens with one attached hydrogen (secondary N) is 2. The first-order valence-electron chi connectivity index (χ1n) is 12.2. The Labute approximate surface area is 212 Å². The molecule has 191 valence electrons. The number of carbonyl (C=O) groups excluding carboxylic acids is 1. The van der Waals surface area contributed by atoms with Crippen LogP contribution in [0.15, 0.2) is 72.3 Å². The Bertz CT molecular complexity index is 1240. The van der Waals surface area contributed by atoms with Crippen molar-refractivity contribution in [2.45, 2.75) is 43.7 Å². The number of hydrogen-bond acceptors (Lipinski definition) is 4. The molecule has 0 unspecified atom stereocenters. The molecule has 2 aromatic rings. The largest absolute Gasteiger partial charge is 0.388 e. The van der Waals surface area contributed by atoms with Gasteiger partial charge in [0.25, 0.3) is 0 Å². The number of allylic oxidation sites excluding steroid dienone is 2. The van der Waals surface area contributed by atoms with Crippen LogP contribution in [-0.2, 0) is 26.8 Å². The SMILES string of the molecule is CS(=O)(=O)NCCCc1ccc([C@@]2(C3=CC[CH]C=C3)NC(=O)[C@@H]2CC[C@H](O)c2ccc(F)cc2)cc1. The zero-order valence-electron chi connectivity index (χ0n) is 20.3. The van der Waals surface area contributed by atoms with Crippen molar-refractivity contribution in [1.29, 1.82) is 0 Å². The summed E-state index contributed by atoms with van der Waals surface area (Å²) in [5.74, 6) is -0.765. The molecule has 1 heterocycles. The summed E-state index contributed by atoms with van der Waals surface area (Å²) >= 11 is 0. The second kappa shape index (κ2) is 11.1. The number of amides is 1. The number of halogens is 1. The molecule has 0 aromatic heterocycles. The van der Waals surface area contributed by atoms with Gasteiger partial charge in [0, 0.05) is 6.54 Å². The minimum Gasteiger partial charge on any atom is -0.388 e. The fourth-order valence-electron chi connectivity index (χ4n) is 5.01. The van der Waals surface area contributed by atoms with Crippen LogP contribution in [0.4, 0.5) is 4.39 Å². The third-order valence-electron chi connectivity index (χ3n) is 6.90. The van der Waals surface area contributed by atoms with Gasteiger partial charge in [-0.05, 0) is 72.9 Å². The number of rotatable bonds is 11. The number of hydrogen-bond donors (Lipinski definition) is 3. The molecule has 0 bridgehead atoms. The van der Waals surface area contributed by atoms with Crippen LogP contribution in [0.25, 0.3) is 0 Å². The van der Waals surface area contributed by atoms with Crippen molar-refractivity contribution < 1.29 is 22.7 Å². The van der Waals surface area contributed by atoms with Crippen molar-refractivity contribution in [2.24, 2.45) is 5.92 Å². The number of benzene rings is 2. The van der Waals surface area contributed by atoms with E-state index >= 15 is 0 Å². The Balaban J connectivity index is 1.51. The summed E-state index contributed by atoms with van der Waals surface area (Å²) in [5.41, 5.74) is 3.03. The van der Waals surface area contributed by atoms with Gasteiger partial charge in [0.1, 0.15) is 11.4 Å². The first kappa shape index (κ1) is 26.3. The van der Waals surface area contributed by atoms with Crippen molar-refractivity contribution in [2.75, 3.05) is 12.8 Å². The molecule has 1 radical (unpaired) electrons. The van der Waals surface area contributed by atoms with E-state index in [-0.39, 0.29) is 17.6 Å². The van der Waals surface area contributed by atoms with E-state index in [4.69, 9.17) is 0 Å². The maximum absolute atomic E-state index is 13.3. The van der Waals surface area contributed by atoms with Gasteiger partial charge in [-0.2, -0.15) is 0 Å². The van der Waals surface area contributed by atoms with E-state index in [9.17, 15) is 22.7 Å². The molecule has 6 nitrogen and oxygen atoms in total. The number of carbonyl (C=O) groups is 1. The first-order valence-corrected chi connectivity index (χ1v) is 14.1. The van der Waals surface area contributed by atoms with E-state index in [1.165, 1.54) is 12.1 Å². The monoisotopic (exact) mass is 511 g/mol. The van der Waals surface area contributed by atoms with Crippen LogP contribution < -0.4 is 10.0 Å². The molecule has 1 aliphatic heterocycles. The average molecular weight is 512 g/mol. The number of aryl methyl sites for hydroxylation is 1. The van der Waals surface area contributed by atoms with Gasteiger partial charge in [0.2, 0.25) is 15.9 Å². The van der Waals surface area contributed by atoms with Crippen molar-refractivity contribution in [1.82, 2.24) is 10.0 Å². The molecule has 1 aliphatic carbocycles. The Hall–Kier alpha value is -2.81. The maximum Gasteiger partial charge on any atom is 0.227 e. The molecule has 1 amide bonds. The summed E-state index contributed by atoms with van der Waals surface area (Å²) < 4.78 is 38.3. The molecule has 36 heavy (non-hydrogen) atoms. The maximum atomic E-state index is 13.3. The minimum atomic E-state index is -3.20. The standard InChI is InChI=1S/C28H32FN2O4S/c1-36(34,35)30-19-5-6-20-9-13-23(14-10-20)28(22-7-3-2-4-8-22)25(27(33)31-28)17-18-26(32)21-11-15-24(29)16-12-21/h2-3,7-16,25-26,30,32H,4-6,17-19H2,1H3,(H,31,33)/t25-,26-,28+/m0/s1. The molecule has 1 saturated heterocycles. The molecule has 0 saturated carbocycles. The van der Waals surface area contributed by atoms with Crippen molar-refractivity contribution in [3.8, 4) is 0 Å². The lowest BCUT2D eigenvalue weighted by Gasteiger charge is -2.51. The Morgan fingerprint density at radius 1 is 1.17 bits per heavy atom. The Kier molecular flexibility index (Phi) is 8.07. The minimum absolute atomic E-state index is 0.0546. The fourth-order valence-corrected chi connectivity index (χ4v) is 5.53. The highest BCUT2D eigenvalue weighted by atomic mass is 32.2. The number of aliphatic hydroxyl groups is 1. The Morgan fingerprint density at radius 2 is 1.89 bits per heavy atom. The molecule has 3 atom stereocenters. The van der Waals surface area contributed by atoms with Gasteiger partial charge in [-0.3, -0.25) is 4.79 Å². The van der Waals surface area contributed by atoms with Gasteiger partial charge in [-0.15, -0.1) is 0 Å². The molecule has 8 heteroatoms. The van der Waals surface area contributed by atoms with Crippen LogP contribution in [-0.4, -0.2) is 32.2 Å². The van der Waals surface area contributed by atoms with E-state index in [2.05, 4.69) is 22.5 Å². The average Bonchev–Trinajstić information content (AvgIpc) is 2.86. The van der Waals surface area contributed by atoms with E-state index in [0.717, 1.165) is 35.8 Å². The molecular weight excluding hydrogens is 479 g/mol. The first-order chi connectivity index (χ1) is 17.2. The molecule has 1 fully saturated rings. The summed E-state index contributed by atoms with van der Waals surface area (Å²) in [5, 5.41) is 13.8. The number of sulfonamides is 1. The van der Waals surface area contributed by atoms with Crippen molar-refractivity contribution >= 4 is 15.9 Å². The highest BCUT2D eigenvalue weighted by molar-refractivity contribution is 7.88. The molecule has 4 rings (SSSR count). The second-order valence-corrected chi connectivity index (χ2v) is 11.3. The molecule has 0 spiro atoms. The van der Waals surface area contributed by atoms with Crippen LogP contribution in [0.3, 0.4) is 0 Å². The van der Waals surface area contributed by atoms with Gasteiger partial charge in [0.05, 0.1) is 18.3 Å². The van der Waals surface area contributed by atoms with E-state index in [1.807, 2.05) is 36.4 Å². The molecule has 3 N–H and O–H groups in total. The smallest absolute Gasteiger partial charge is 0.227 e. The molecular formula is C28H32FN2O4S. The van der Waals surface area contributed by atoms with Crippen LogP contribution >= 0.6 is 0 Å². The predicted octanol–water partition coefficient (Wildman–Crippen LogP) is 3.85. The van der Waals surface area contributed by atoms with E-state index in [0.29, 0.717) is 31.4 Å². The fraction of sp³-hybridized carbons (Fsp3) is 0.357. The second-order valence-electron chi connectivity index (χ2n) is 9.45. The van der Waals surface area contributed by atoms with Gasteiger partial charge < -0.3 is 10.4 Å². The highest BCUT2D eigenvalue weighted by Crippen LogP contribution is 2.48. The highest BCUT2D eigenvalue weighted by Gasteiger charge is 2.55. The summed E-state index contributed by atoms with van der Waals surface area (Å²) in [6.07, 6.45) is 11.6. The van der Waals surface area contributed by atoms with Crippen molar-refractivity contribution in [3.05, 3.63) is 101 Å². The molecule has 2 aromatic carbocycles. The normalized spacial score (nSPS) is 22.5. The van der Waals surface area contributed by atoms with Gasteiger partial charge in [-0.25, -0.2) is 17.5 Å². The summed E-state index contributed by atoms with van der Waals surface area (Å²) in [4.78, 5) is 12.8. The lowest BCUT2D eigenvalue weighted by atomic mass is 9.63. The summed E-state index contributed by atoms with van der Waals surface area (Å²) in [7, 11) is -3.20. The predicted molar refractivity (Wildman–Crippen MR) is 138 cm³/mol. The summed E-state index contributed by atoms with van der Waals surface area (Å²) in [6.45, 7) is 0.382. The Morgan fingerprint density at radius 3 is 2.50 bits per heavy atom. The van der Waals surface area contributed by atoms with Gasteiger partial charge in [0.15, 0.2) is 0 Å². The summed E-state index contributed by atoms with van der Waals surface area (Å²) in [6, 6.07) is 13.9. The third-order valence-corrected chi connectivity index (χ3v) is 7.63. The zero-order valence-corrected chi connectivity index (χ0v) is 21.1. The topological polar surface area (TPSA) is 95.5 Å². The van der Waals surface area contributed by atoms with E-state index in [1.54, 1.807) is 12.1 Å². The van der Waals surface area contributed by atoms with Gasteiger partial charge >= 0.3 is 0 Å². The van der Waals surface area contributed by atoms with Gasteiger partial charge in [-0.1, -0.05) is 54.6 Å². The zero-order chi connectivity index (χ0) is 25.8. The van der Waals surface area contributed by atoms with Crippen LogP contribution in [0.1, 0.15) is 48.5 Å². The van der Waals surface area contributed by atoms with Crippen molar-refractivity contribution in [3.63, 3.8) is 0 Å². The number of aliphatic hydroxyl groups excluding tert-OH is 1. The molecule has 2 aliphatic rings. The van der Waals surface area contributed by atoms with E-state index < -0.39 is 21.7 Å². The quantitative estimate of drug-likeness (QED) is 0.315. The van der Waals surface area contributed by atoms with Crippen LogP contribution in [0.5, 0.6) is 0 Å². The van der Waals surface area contributed by atoms with Crippen LogP contribution in [0, 0.1) is 18.2 Å². The number of β-lactam (4-membered cyclic amide) rings is 1. The van der Waals surface area contributed by atoms with Crippen LogP contribution in [0.2, 0.25) is 0 Å². The third kappa shape index (κ3) is 5.94. The lowest BCUT2D eigenvalue weighted by molar-refractivity contribution is -0.140.